The van der Waals surface area contributed by atoms with Gasteiger partial charge in [-0.05, 0) is 31.5 Å². The summed E-state index contributed by atoms with van der Waals surface area (Å²) < 4.78 is 0. The van der Waals surface area contributed by atoms with E-state index in [-0.39, 0.29) is 12.6 Å². The molecule has 0 saturated carbocycles. The quantitative estimate of drug-likeness (QED) is 0.770. The maximum Gasteiger partial charge on any atom is 0.0556 e. The van der Waals surface area contributed by atoms with E-state index < -0.39 is 0 Å². The predicted molar refractivity (Wildman–Crippen MR) is 68.9 cm³/mol. The van der Waals surface area contributed by atoms with E-state index in [0.29, 0.717) is 6.54 Å². The van der Waals surface area contributed by atoms with Crippen molar-refractivity contribution in [1.29, 1.82) is 0 Å². The van der Waals surface area contributed by atoms with E-state index in [1.54, 1.807) is 0 Å². The van der Waals surface area contributed by atoms with E-state index >= 15 is 0 Å². The molecule has 1 unspecified atom stereocenters. The molecular formula is C13H22N2O. The first kappa shape index (κ1) is 13.0. The first-order valence-electron chi connectivity index (χ1n) is 5.84. The van der Waals surface area contributed by atoms with Crippen molar-refractivity contribution in [3.63, 3.8) is 0 Å². The minimum Gasteiger partial charge on any atom is -0.395 e. The molecule has 0 aliphatic rings. The number of benzene rings is 1. The number of rotatable bonds is 6. The largest absolute Gasteiger partial charge is 0.395 e. The summed E-state index contributed by atoms with van der Waals surface area (Å²) in [7, 11) is 2.09. The van der Waals surface area contributed by atoms with Crippen LogP contribution in [0.15, 0.2) is 24.3 Å². The molecule has 0 aliphatic carbocycles. The lowest BCUT2D eigenvalue weighted by Gasteiger charge is -2.18. The Kier molecular flexibility index (Phi) is 5.29. The molecule has 1 aromatic carbocycles. The van der Waals surface area contributed by atoms with Crippen molar-refractivity contribution in [3.05, 3.63) is 29.8 Å². The SMILES string of the molecule is CCN(C)c1ccc(C(C)NCCO)cc1. The van der Waals surface area contributed by atoms with Crippen LogP contribution in [0.3, 0.4) is 0 Å². The topological polar surface area (TPSA) is 35.5 Å². The zero-order valence-electron chi connectivity index (χ0n) is 10.4. The number of hydrogen-bond acceptors (Lipinski definition) is 3. The molecule has 90 valence electrons. The molecule has 1 rings (SSSR count). The van der Waals surface area contributed by atoms with Gasteiger partial charge in [-0.1, -0.05) is 12.1 Å². The normalized spacial score (nSPS) is 12.5. The van der Waals surface area contributed by atoms with Crippen LogP contribution in [0.2, 0.25) is 0 Å². The standard InChI is InChI=1S/C13H22N2O/c1-4-15(3)13-7-5-12(6-8-13)11(2)14-9-10-16/h5-8,11,14,16H,4,9-10H2,1-3H3. The molecular weight excluding hydrogens is 200 g/mol. The maximum atomic E-state index is 8.74. The fraction of sp³-hybridized carbons (Fsp3) is 0.538. The van der Waals surface area contributed by atoms with Crippen LogP contribution in [-0.4, -0.2) is 31.9 Å². The van der Waals surface area contributed by atoms with E-state index in [2.05, 4.69) is 55.4 Å². The third kappa shape index (κ3) is 3.51. The fourth-order valence-electron chi connectivity index (χ4n) is 1.60. The highest BCUT2D eigenvalue weighted by atomic mass is 16.3. The fourth-order valence-corrected chi connectivity index (χ4v) is 1.60. The molecule has 3 nitrogen and oxygen atoms in total. The Morgan fingerprint density at radius 2 is 1.94 bits per heavy atom. The highest BCUT2D eigenvalue weighted by Gasteiger charge is 2.04. The van der Waals surface area contributed by atoms with E-state index in [0.717, 1.165) is 6.54 Å². The molecule has 1 aromatic rings. The summed E-state index contributed by atoms with van der Waals surface area (Å²) in [6.07, 6.45) is 0. The lowest BCUT2D eigenvalue weighted by Crippen LogP contribution is -2.22. The number of aliphatic hydroxyl groups is 1. The predicted octanol–water partition coefficient (Wildman–Crippen LogP) is 1.79. The molecule has 1 atom stereocenters. The van der Waals surface area contributed by atoms with Gasteiger partial charge in [0.15, 0.2) is 0 Å². The second kappa shape index (κ2) is 6.51. The molecule has 0 spiro atoms. The lowest BCUT2D eigenvalue weighted by molar-refractivity contribution is 0.286. The van der Waals surface area contributed by atoms with Gasteiger partial charge in [0.1, 0.15) is 0 Å². The Hall–Kier alpha value is -1.06. The van der Waals surface area contributed by atoms with Crippen LogP contribution < -0.4 is 10.2 Å². The first-order chi connectivity index (χ1) is 7.69. The van der Waals surface area contributed by atoms with Crippen LogP contribution >= 0.6 is 0 Å². The molecule has 0 bridgehead atoms. The molecule has 16 heavy (non-hydrogen) atoms. The summed E-state index contributed by atoms with van der Waals surface area (Å²) >= 11 is 0. The van der Waals surface area contributed by atoms with E-state index in [1.165, 1.54) is 11.3 Å². The Bertz CT molecular complexity index is 297. The van der Waals surface area contributed by atoms with E-state index in [4.69, 9.17) is 5.11 Å². The van der Waals surface area contributed by atoms with Crippen LogP contribution in [0.25, 0.3) is 0 Å². The van der Waals surface area contributed by atoms with Gasteiger partial charge in [0.25, 0.3) is 0 Å². The van der Waals surface area contributed by atoms with Crippen molar-refractivity contribution in [2.24, 2.45) is 0 Å². The number of nitrogens with zero attached hydrogens (tertiary/aromatic N) is 1. The Morgan fingerprint density at radius 1 is 1.31 bits per heavy atom. The van der Waals surface area contributed by atoms with Crippen molar-refractivity contribution in [3.8, 4) is 0 Å². The van der Waals surface area contributed by atoms with Crippen molar-refractivity contribution in [2.75, 3.05) is 31.6 Å². The van der Waals surface area contributed by atoms with Gasteiger partial charge in [0, 0.05) is 31.9 Å². The molecule has 0 aromatic heterocycles. The van der Waals surface area contributed by atoms with Crippen LogP contribution in [0.4, 0.5) is 5.69 Å². The summed E-state index contributed by atoms with van der Waals surface area (Å²) in [6.45, 7) is 6.07. The highest BCUT2D eigenvalue weighted by molar-refractivity contribution is 5.47. The molecule has 0 aliphatic heterocycles. The minimum absolute atomic E-state index is 0.182. The second-order valence-electron chi connectivity index (χ2n) is 4.01. The van der Waals surface area contributed by atoms with Crippen LogP contribution in [0.1, 0.15) is 25.5 Å². The summed E-state index contributed by atoms with van der Waals surface area (Å²) in [6, 6.07) is 8.83. The molecule has 3 heteroatoms. The maximum absolute atomic E-state index is 8.74. The zero-order chi connectivity index (χ0) is 12.0. The van der Waals surface area contributed by atoms with Crippen LogP contribution in [0.5, 0.6) is 0 Å². The summed E-state index contributed by atoms with van der Waals surface area (Å²) in [5, 5.41) is 12.0. The number of nitrogens with one attached hydrogen (secondary N) is 1. The van der Waals surface area contributed by atoms with Gasteiger partial charge in [-0.25, -0.2) is 0 Å². The number of aliphatic hydroxyl groups excluding tert-OH is 1. The van der Waals surface area contributed by atoms with Gasteiger partial charge in [-0.15, -0.1) is 0 Å². The van der Waals surface area contributed by atoms with Gasteiger partial charge in [0.05, 0.1) is 6.61 Å². The lowest BCUT2D eigenvalue weighted by atomic mass is 10.1. The average Bonchev–Trinajstić information content (AvgIpc) is 2.35. The van der Waals surface area contributed by atoms with Crippen molar-refractivity contribution >= 4 is 5.69 Å². The Morgan fingerprint density at radius 3 is 2.44 bits per heavy atom. The van der Waals surface area contributed by atoms with Gasteiger partial charge >= 0.3 is 0 Å². The van der Waals surface area contributed by atoms with E-state index in [1.807, 2.05) is 0 Å². The molecule has 0 fully saturated rings. The summed E-state index contributed by atoms with van der Waals surface area (Å²) in [5.74, 6) is 0. The number of hydrogen-bond donors (Lipinski definition) is 2. The van der Waals surface area contributed by atoms with Crippen LogP contribution in [0, 0.1) is 0 Å². The van der Waals surface area contributed by atoms with Gasteiger partial charge in [0.2, 0.25) is 0 Å². The Labute approximate surface area is 98.1 Å². The molecule has 0 radical (unpaired) electrons. The third-order valence-electron chi connectivity index (χ3n) is 2.87. The first-order valence-corrected chi connectivity index (χ1v) is 5.84. The van der Waals surface area contributed by atoms with E-state index in [9.17, 15) is 0 Å². The Balaban J connectivity index is 2.63. The van der Waals surface area contributed by atoms with Crippen molar-refractivity contribution in [2.45, 2.75) is 19.9 Å². The molecule has 0 heterocycles. The van der Waals surface area contributed by atoms with Gasteiger partial charge in [-0.2, -0.15) is 0 Å². The van der Waals surface area contributed by atoms with Crippen LogP contribution in [-0.2, 0) is 0 Å². The smallest absolute Gasteiger partial charge is 0.0556 e. The van der Waals surface area contributed by atoms with Gasteiger partial charge < -0.3 is 15.3 Å². The molecule has 2 N–H and O–H groups in total. The summed E-state index contributed by atoms with van der Waals surface area (Å²) in [4.78, 5) is 2.20. The minimum atomic E-state index is 0.182. The zero-order valence-corrected chi connectivity index (χ0v) is 10.4. The van der Waals surface area contributed by atoms with Crippen molar-refractivity contribution in [1.82, 2.24) is 5.32 Å². The molecule has 0 saturated heterocycles. The summed E-state index contributed by atoms with van der Waals surface area (Å²) in [5.41, 5.74) is 2.49. The average molecular weight is 222 g/mol. The third-order valence-corrected chi connectivity index (χ3v) is 2.87. The highest BCUT2D eigenvalue weighted by Crippen LogP contribution is 2.17. The van der Waals surface area contributed by atoms with Crippen molar-refractivity contribution < 1.29 is 5.11 Å². The second-order valence-corrected chi connectivity index (χ2v) is 4.01. The van der Waals surface area contributed by atoms with Gasteiger partial charge in [-0.3, -0.25) is 0 Å². The molecule has 0 amide bonds. The number of anilines is 1. The monoisotopic (exact) mass is 222 g/mol.